The van der Waals surface area contributed by atoms with Gasteiger partial charge in [0.2, 0.25) is 5.91 Å². The third-order valence-corrected chi connectivity index (χ3v) is 3.48. The number of amides is 3. The van der Waals surface area contributed by atoms with E-state index in [-0.39, 0.29) is 30.7 Å². The Kier molecular flexibility index (Phi) is 5.56. The molecule has 0 spiro atoms. The Hall–Kier alpha value is -2.57. The van der Waals surface area contributed by atoms with Gasteiger partial charge in [-0.15, -0.1) is 0 Å². The van der Waals surface area contributed by atoms with E-state index in [4.69, 9.17) is 4.74 Å². The van der Waals surface area contributed by atoms with E-state index in [1.54, 1.807) is 31.2 Å². The van der Waals surface area contributed by atoms with Crippen LogP contribution < -0.4 is 15.4 Å². The minimum Gasteiger partial charge on any atom is -0.484 e. The number of benzene rings is 1. The molecule has 1 atom stereocenters. The number of likely N-dealkylation sites (N-methyl/N-ethyl adjacent to an activating group) is 2. The average Bonchev–Trinajstić information content (AvgIpc) is 2.79. The Morgan fingerprint density at radius 3 is 2.78 bits per heavy atom. The van der Waals surface area contributed by atoms with Crippen molar-refractivity contribution < 1.29 is 19.1 Å². The van der Waals surface area contributed by atoms with Gasteiger partial charge in [-0.3, -0.25) is 19.3 Å². The average molecular weight is 319 g/mol. The lowest BCUT2D eigenvalue weighted by atomic mass is 10.2. The van der Waals surface area contributed by atoms with Crippen molar-refractivity contribution in [3.63, 3.8) is 0 Å². The summed E-state index contributed by atoms with van der Waals surface area (Å²) in [6.07, 6.45) is 0.149. The van der Waals surface area contributed by atoms with Gasteiger partial charge in [-0.25, -0.2) is 0 Å². The van der Waals surface area contributed by atoms with Gasteiger partial charge in [0, 0.05) is 24.8 Å². The van der Waals surface area contributed by atoms with Crippen LogP contribution in [0.4, 0.5) is 5.69 Å². The lowest BCUT2D eigenvalue weighted by Gasteiger charge is -2.15. The summed E-state index contributed by atoms with van der Waals surface area (Å²) in [4.78, 5) is 36.4. The first-order chi connectivity index (χ1) is 11.0. The predicted octanol–water partition coefficient (Wildman–Crippen LogP) is 0.761. The first-order valence-electron chi connectivity index (χ1n) is 7.65. The molecule has 7 heteroatoms. The molecule has 2 N–H and O–H groups in total. The highest BCUT2D eigenvalue weighted by Gasteiger charge is 2.37. The van der Waals surface area contributed by atoms with Crippen LogP contribution in [0.2, 0.25) is 0 Å². The van der Waals surface area contributed by atoms with Crippen LogP contribution in [0.5, 0.6) is 5.75 Å². The maximum atomic E-state index is 12.1. The fourth-order valence-corrected chi connectivity index (χ4v) is 2.40. The van der Waals surface area contributed by atoms with E-state index in [1.165, 1.54) is 4.90 Å². The normalized spacial score (nSPS) is 17.3. The van der Waals surface area contributed by atoms with Crippen molar-refractivity contribution >= 4 is 23.4 Å². The second kappa shape index (κ2) is 7.62. The maximum absolute atomic E-state index is 12.1. The van der Waals surface area contributed by atoms with Crippen LogP contribution in [0.25, 0.3) is 0 Å². The van der Waals surface area contributed by atoms with Crippen LogP contribution in [-0.4, -0.2) is 48.4 Å². The van der Waals surface area contributed by atoms with Crippen molar-refractivity contribution in [2.75, 3.05) is 25.0 Å². The Morgan fingerprint density at radius 1 is 1.35 bits per heavy atom. The van der Waals surface area contributed by atoms with Crippen LogP contribution >= 0.6 is 0 Å². The van der Waals surface area contributed by atoms with Gasteiger partial charge in [-0.1, -0.05) is 6.07 Å². The molecule has 23 heavy (non-hydrogen) atoms. The fraction of sp³-hybridized carbons (Fsp3) is 0.438. The molecule has 1 aromatic carbocycles. The van der Waals surface area contributed by atoms with Gasteiger partial charge in [0.05, 0.1) is 6.42 Å². The molecule has 0 bridgehead atoms. The van der Waals surface area contributed by atoms with E-state index in [1.807, 2.05) is 6.92 Å². The summed E-state index contributed by atoms with van der Waals surface area (Å²) in [6, 6.07) is 6.41. The summed E-state index contributed by atoms with van der Waals surface area (Å²) in [5.74, 6) is -0.0591. The molecule has 0 radical (unpaired) electrons. The van der Waals surface area contributed by atoms with Gasteiger partial charge in [-0.2, -0.15) is 0 Å². The van der Waals surface area contributed by atoms with Crippen LogP contribution in [0.1, 0.15) is 20.3 Å². The first kappa shape index (κ1) is 16.8. The standard InChI is InChI=1S/C16H21N3O4/c1-3-17-14(20)10-23-12-7-5-6-11(8-12)18-13-9-15(21)19(4-2)16(13)22/h5-8,13,18H,3-4,9-10H2,1-2H3,(H,17,20)/t13-/m1/s1. The van der Waals surface area contributed by atoms with Crippen molar-refractivity contribution in [1.29, 1.82) is 0 Å². The molecule has 1 aliphatic heterocycles. The number of imide groups is 1. The topological polar surface area (TPSA) is 87.7 Å². The number of anilines is 1. The summed E-state index contributed by atoms with van der Waals surface area (Å²) >= 11 is 0. The smallest absolute Gasteiger partial charge is 0.257 e. The van der Waals surface area contributed by atoms with Gasteiger partial charge in [0.1, 0.15) is 11.8 Å². The molecule has 2 rings (SSSR count). The molecule has 124 valence electrons. The minimum absolute atomic E-state index is 0.0677. The number of carbonyl (C=O) groups excluding carboxylic acids is 3. The van der Waals surface area contributed by atoms with Crippen molar-refractivity contribution in [3.8, 4) is 5.75 Å². The number of carbonyl (C=O) groups is 3. The van der Waals surface area contributed by atoms with E-state index in [9.17, 15) is 14.4 Å². The van der Waals surface area contributed by atoms with E-state index in [0.29, 0.717) is 24.5 Å². The molecule has 0 aromatic heterocycles. The highest BCUT2D eigenvalue weighted by atomic mass is 16.5. The Balaban J connectivity index is 1.96. The number of likely N-dealkylation sites (tertiary alicyclic amines) is 1. The summed E-state index contributed by atoms with van der Waals surface area (Å²) in [7, 11) is 0. The van der Waals surface area contributed by atoms with E-state index in [0.717, 1.165) is 0 Å². The Bertz CT molecular complexity index is 603. The number of nitrogens with one attached hydrogen (secondary N) is 2. The summed E-state index contributed by atoms with van der Waals surface area (Å²) < 4.78 is 5.40. The molecule has 1 saturated heterocycles. The van der Waals surface area contributed by atoms with Crippen LogP contribution in [0.15, 0.2) is 24.3 Å². The summed E-state index contributed by atoms with van der Waals surface area (Å²) in [6.45, 7) is 4.47. The zero-order valence-corrected chi connectivity index (χ0v) is 13.3. The zero-order valence-electron chi connectivity index (χ0n) is 13.3. The molecule has 0 unspecified atom stereocenters. The molecule has 1 heterocycles. The quantitative estimate of drug-likeness (QED) is 0.725. The molecular weight excluding hydrogens is 298 g/mol. The number of hydrogen-bond donors (Lipinski definition) is 2. The van der Waals surface area contributed by atoms with Crippen molar-refractivity contribution in [2.45, 2.75) is 26.3 Å². The Morgan fingerprint density at radius 2 is 2.13 bits per heavy atom. The molecule has 1 aliphatic rings. The van der Waals surface area contributed by atoms with Gasteiger partial charge in [-0.05, 0) is 26.0 Å². The van der Waals surface area contributed by atoms with Crippen LogP contribution in [-0.2, 0) is 14.4 Å². The molecule has 0 saturated carbocycles. The maximum Gasteiger partial charge on any atom is 0.257 e. The Labute approximate surface area is 135 Å². The lowest BCUT2D eigenvalue weighted by Crippen LogP contribution is -2.34. The van der Waals surface area contributed by atoms with Crippen molar-refractivity contribution in [3.05, 3.63) is 24.3 Å². The highest BCUT2D eigenvalue weighted by molar-refractivity contribution is 6.06. The summed E-state index contributed by atoms with van der Waals surface area (Å²) in [5, 5.41) is 5.69. The fourth-order valence-electron chi connectivity index (χ4n) is 2.40. The van der Waals surface area contributed by atoms with Gasteiger partial charge >= 0.3 is 0 Å². The molecule has 1 fully saturated rings. The van der Waals surface area contributed by atoms with E-state index >= 15 is 0 Å². The number of rotatable bonds is 7. The predicted molar refractivity (Wildman–Crippen MR) is 85.0 cm³/mol. The number of nitrogens with zero attached hydrogens (tertiary/aromatic N) is 1. The SMILES string of the molecule is CCNC(=O)COc1cccc(N[C@@H]2CC(=O)N(CC)C2=O)c1. The van der Waals surface area contributed by atoms with Crippen molar-refractivity contribution in [1.82, 2.24) is 10.2 Å². The molecule has 1 aromatic rings. The largest absolute Gasteiger partial charge is 0.484 e. The monoisotopic (exact) mass is 319 g/mol. The number of hydrogen-bond acceptors (Lipinski definition) is 5. The molecule has 3 amide bonds. The third-order valence-electron chi connectivity index (χ3n) is 3.48. The first-order valence-corrected chi connectivity index (χ1v) is 7.65. The molecule has 0 aliphatic carbocycles. The van der Waals surface area contributed by atoms with Crippen LogP contribution in [0.3, 0.4) is 0 Å². The second-order valence-corrected chi connectivity index (χ2v) is 5.15. The van der Waals surface area contributed by atoms with E-state index in [2.05, 4.69) is 10.6 Å². The van der Waals surface area contributed by atoms with E-state index < -0.39 is 6.04 Å². The highest BCUT2D eigenvalue weighted by Crippen LogP contribution is 2.21. The lowest BCUT2D eigenvalue weighted by molar-refractivity contribution is -0.138. The van der Waals surface area contributed by atoms with Crippen molar-refractivity contribution in [2.24, 2.45) is 0 Å². The van der Waals surface area contributed by atoms with Gasteiger partial charge < -0.3 is 15.4 Å². The molecular formula is C16H21N3O4. The second-order valence-electron chi connectivity index (χ2n) is 5.15. The minimum atomic E-state index is -0.555. The van der Waals surface area contributed by atoms with Gasteiger partial charge in [0.15, 0.2) is 6.61 Å². The zero-order chi connectivity index (χ0) is 16.8. The summed E-state index contributed by atoms with van der Waals surface area (Å²) in [5.41, 5.74) is 0.669. The van der Waals surface area contributed by atoms with Crippen LogP contribution in [0, 0.1) is 0 Å². The third kappa shape index (κ3) is 4.21. The molecule has 7 nitrogen and oxygen atoms in total. The number of ether oxygens (including phenoxy) is 1. The van der Waals surface area contributed by atoms with Gasteiger partial charge in [0.25, 0.3) is 11.8 Å².